The predicted molar refractivity (Wildman–Crippen MR) is 108 cm³/mol. The Hall–Kier alpha value is -3.12. The standard InChI is InChI=1S/C21H18N2O3S/c1-3-25-17-10-6-8-14-11-18(26-19(14)17)16-12-27-21(22-16)23-20(24)15-9-5-4-7-13(15)2/h4-12H,3H2,1-2H3,(H,22,23,24). The van der Waals surface area contributed by atoms with E-state index in [0.717, 1.165) is 10.9 Å². The molecule has 2 aromatic carbocycles. The van der Waals surface area contributed by atoms with E-state index in [0.29, 0.717) is 40.1 Å². The summed E-state index contributed by atoms with van der Waals surface area (Å²) in [5.41, 5.74) is 2.94. The Labute approximate surface area is 160 Å². The third-order valence-electron chi connectivity index (χ3n) is 4.17. The van der Waals surface area contributed by atoms with Crippen molar-refractivity contribution in [2.75, 3.05) is 11.9 Å². The first kappa shape index (κ1) is 17.3. The van der Waals surface area contributed by atoms with Gasteiger partial charge in [0.15, 0.2) is 22.2 Å². The largest absolute Gasteiger partial charge is 0.490 e. The molecule has 6 heteroatoms. The van der Waals surface area contributed by atoms with Gasteiger partial charge in [-0.1, -0.05) is 30.3 Å². The molecule has 0 saturated carbocycles. The van der Waals surface area contributed by atoms with Gasteiger partial charge in [-0.25, -0.2) is 4.98 Å². The van der Waals surface area contributed by atoms with Crippen molar-refractivity contribution in [2.24, 2.45) is 0 Å². The summed E-state index contributed by atoms with van der Waals surface area (Å²) in [4.78, 5) is 17.0. The minimum atomic E-state index is -0.169. The molecule has 1 N–H and O–H groups in total. The molecule has 5 nitrogen and oxygen atoms in total. The second-order valence-electron chi connectivity index (χ2n) is 6.03. The van der Waals surface area contributed by atoms with Gasteiger partial charge >= 0.3 is 0 Å². The molecular weight excluding hydrogens is 360 g/mol. The van der Waals surface area contributed by atoms with Crippen molar-refractivity contribution in [1.82, 2.24) is 4.98 Å². The second kappa shape index (κ2) is 7.25. The number of carbonyl (C=O) groups excluding carboxylic acids is 1. The summed E-state index contributed by atoms with van der Waals surface area (Å²) in [5, 5.41) is 6.21. The summed E-state index contributed by atoms with van der Waals surface area (Å²) in [6, 6.07) is 15.2. The Morgan fingerprint density at radius 1 is 1.22 bits per heavy atom. The summed E-state index contributed by atoms with van der Waals surface area (Å²) >= 11 is 1.36. The van der Waals surface area contributed by atoms with Crippen LogP contribution in [0, 0.1) is 6.92 Å². The topological polar surface area (TPSA) is 64.4 Å². The van der Waals surface area contributed by atoms with E-state index in [4.69, 9.17) is 9.15 Å². The molecule has 0 spiro atoms. The number of aryl methyl sites for hydroxylation is 1. The molecule has 27 heavy (non-hydrogen) atoms. The van der Waals surface area contributed by atoms with Gasteiger partial charge in [-0.3, -0.25) is 10.1 Å². The van der Waals surface area contributed by atoms with E-state index in [1.165, 1.54) is 11.3 Å². The summed E-state index contributed by atoms with van der Waals surface area (Å²) in [6.45, 7) is 4.42. The van der Waals surface area contributed by atoms with E-state index in [9.17, 15) is 4.79 Å². The van der Waals surface area contributed by atoms with Crippen LogP contribution in [0.15, 0.2) is 58.3 Å². The zero-order chi connectivity index (χ0) is 18.8. The summed E-state index contributed by atoms with van der Waals surface area (Å²) in [7, 11) is 0. The lowest BCUT2D eigenvalue weighted by Crippen LogP contribution is -2.12. The number of ether oxygens (including phenoxy) is 1. The van der Waals surface area contributed by atoms with Gasteiger partial charge in [-0.2, -0.15) is 0 Å². The SMILES string of the molecule is CCOc1cccc2cc(-c3csc(NC(=O)c4ccccc4C)n3)oc12. The third-order valence-corrected chi connectivity index (χ3v) is 4.93. The smallest absolute Gasteiger partial charge is 0.257 e. The van der Waals surface area contributed by atoms with Crippen LogP contribution in [-0.4, -0.2) is 17.5 Å². The maximum Gasteiger partial charge on any atom is 0.257 e. The van der Waals surface area contributed by atoms with Gasteiger partial charge in [0.1, 0.15) is 5.69 Å². The van der Waals surface area contributed by atoms with Gasteiger partial charge in [0, 0.05) is 16.3 Å². The highest BCUT2D eigenvalue weighted by Gasteiger charge is 2.15. The third kappa shape index (κ3) is 3.44. The Balaban J connectivity index is 1.59. The molecule has 0 atom stereocenters. The van der Waals surface area contributed by atoms with E-state index in [2.05, 4.69) is 10.3 Å². The van der Waals surface area contributed by atoms with Gasteiger partial charge in [-0.05, 0) is 37.6 Å². The molecule has 2 heterocycles. The number of carbonyl (C=O) groups is 1. The maximum atomic E-state index is 12.5. The number of nitrogens with zero attached hydrogens (tertiary/aromatic N) is 1. The molecule has 0 aliphatic carbocycles. The van der Waals surface area contributed by atoms with Crippen molar-refractivity contribution in [3.05, 3.63) is 65.0 Å². The Morgan fingerprint density at radius 2 is 2.07 bits per heavy atom. The van der Waals surface area contributed by atoms with E-state index in [-0.39, 0.29) is 5.91 Å². The molecule has 0 aliphatic rings. The van der Waals surface area contributed by atoms with Crippen LogP contribution in [-0.2, 0) is 0 Å². The first-order valence-electron chi connectivity index (χ1n) is 8.64. The number of furan rings is 1. The number of benzene rings is 2. The van der Waals surface area contributed by atoms with Crippen molar-refractivity contribution < 1.29 is 13.9 Å². The van der Waals surface area contributed by atoms with Crippen molar-refractivity contribution in [3.63, 3.8) is 0 Å². The molecule has 136 valence electrons. The van der Waals surface area contributed by atoms with E-state index in [1.54, 1.807) is 6.07 Å². The summed E-state index contributed by atoms with van der Waals surface area (Å²) in [5.74, 6) is 1.19. The molecule has 0 unspecified atom stereocenters. The molecule has 0 fully saturated rings. The highest BCUT2D eigenvalue weighted by Crippen LogP contribution is 2.34. The fraction of sp³-hybridized carbons (Fsp3) is 0.143. The molecule has 0 aliphatic heterocycles. The number of hydrogen-bond acceptors (Lipinski definition) is 5. The average molecular weight is 378 g/mol. The van der Waals surface area contributed by atoms with Gasteiger partial charge in [0.2, 0.25) is 0 Å². The monoisotopic (exact) mass is 378 g/mol. The number of hydrogen-bond donors (Lipinski definition) is 1. The fourth-order valence-corrected chi connectivity index (χ4v) is 3.56. The molecule has 0 radical (unpaired) electrons. The zero-order valence-corrected chi connectivity index (χ0v) is 15.8. The highest BCUT2D eigenvalue weighted by molar-refractivity contribution is 7.14. The normalized spacial score (nSPS) is 10.9. The molecule has 0 saturated heterocycles. The lowest BCUT2D eigenvalue weighted by atomic mass is 10.1. The number of amides is 1. The number of aromatic nitrogens is 1. The Kier molecular flexibility index (Phi) is 4.64. The van der Waals surface area contributed by atoms with E-state index < -0.39 is 0 Å². The number of thiazole rings is 1. The molecule has 4 rings (SSSR count). The van der Waals surface area contributed by atoms with Crippen molar-refractivity contribution in [2.45, 2.75) is 13.8 Å². The zero-order valence-electron chi connectivity index (χ0n) is 15.0. The first-order valence-corrected chi connectivity index (χ1v) is 9.52. The van der Waals surface area contributed by atoms with Crippen molar-refractivity contribution in [3.8, 4) is 17.2 Å². The van der Waals surface area contributed by atoms with Gasteiger partial charge < -0.3 is 9.15 Å². The predicted octanol–water partition coefficient (Wildman–Crippen LogP) is 5.52. The van der Waals surface area contributed by atoms with E-state index >= 15 is 0 Å². The fourth-order valence-electron chi connectivity index (χ4n) is 2.87. The number of anilines is 1. The second-order valence-corrected chi connectivity index (χ2v) is 6.88. The Morgan fingerprint density at radius 3 is 2.89 bits per heavy atom. The molecule has 2 aromatic heterocycles. The van der Waals surface area contributed by atoms with Crippen LogP contribution in [0.5, 0.6) is 5.75 Å². The molecule has 4 aromatic rings. The van der Waals surface area contributed by atoms with Crippen LogP contribution < -0.4 is 10.1 Å². The Bertz CT molecular complexity index is 1110. The van der Waals surface area contributed by atoms with Crippen LogP contribution >= 0.6 is 11.3 Å². The molecule has 0 bridgehead atoms. The van der Waals surface area contributed by atoms with E-state index in [1.807, 2.05) is 61.7 Å². The minimum absolute atomic E-state index is 0.169. The summed E-state index contributed by atoms with van der Waals surface area (Å²) in [6.07, 6.45) is 0. The lowest BCUT2D eigenvalue weighted by molar-refractivity contribution is 0.102. The van der Waals surface area contributed by atoms with Crippen LogP contribution in [0.4, 0.5) is 5.13 Å². The van der Waals surface area contributed by atoms with Crippen LogP contribution in [0.2, 0.25) is 0 Å². The quantitative estimate of drug-likeness (QED) is 0.497. The average Bonchev–Trinajstić information content (AvgIpc) is 3.29. The van der Waals surface area contributed by atoms with Gasteiger partial charge in [0.25, 0.3) is 5.91 Å². The van der Waals surface area contributed by atoms with Crippen LogP contribution in [0.3, 0.4) is 0 Å². The maximum absolute atomic E-state index is 12.5. The lowest BCUT2D eigenvalue weighted by Gasteiger charge is -2.04. The number of fused-ring (bicyclic) bond motifs is 1. The molecular formula is C21H18N2O3S. The van der Waals surface area contributed by atoms with Gasteiger partial charge in [0.05, 0.1) is 6.61 Å². The first-order chi connectivity index (χ1) is 13.2. The van der Waals surface area contributed by atoms with Crippen molar-refractivity contribution in [1.29, 1.82) is 0 Å². The van der Waals surface area contributed by atoms with Crippen molar-refractivity contribution >= 4 is 33.3 Å². The molecule has 1 amide bonds. The minimum Gasteiger partial charge on any atom is -0.490 e. The number of nitrogens with one attached hydrogen (secondary N) is 1. The van der Waals surface area contributed by atoms with Crippen LogP contribution in [0.25, 0.3) is 22.4 Å². The van der Waals surface area contributed by atoms with Crippen LogP contribution in [0.1, 0.15) is 22.8 Å². The number of rotatable bonds is 5. The number of para-hydroxylation sites is 1. The highest BCUT2D eigenvalue weighted by atomic mass is 32.1. The van der Waals surface area contributed by atoms with Gasteiger partial charge in [-0.15, -0.1) is 11.3 Å². The summed E-state index contributed by atoms with van der Waals surface area (Å²) < 4.78 is 11.6.